The average molecular weight is 354 g/mol. The van der Waals surface area contributed by atoms with Crippen LogP contribution in [0.15, 0.2) is 22.7 Å². The molecule has 2 atom stereocenters. The third-order valence-electron chi connectivity index (χ3n) is 3.98. The Balaban J connectivity index is 1.91. The number of halogens is 2. The van der Waals surface area contributed by atoms with Crippen LogP contribution in [0.5, 0.6) is 0 Å². The minimum absolute atomic E-state index is 0.114. The number of rotatable bonds is 2. The van der Waals surface area contributed by atoms with Crippen LogP contribution >= 0.6 is 15.9 Å². The van der Waals surface area contributed by atoms with Crippen molar-refractivity contribution < 1.29 is 4.39 Å². The molecule has 21 heavy (non-hydrogen) atoms. The van der Waals surface area contributed by atoms with Gasteiger partial charge in [0.1, 0.15) is 5.82 Å². The van der Waals surface area contributed by atoms with E-state index < -0.39 is 0 Å². The highest BCUT2D eigenvalue weighted by molar-refractivity contribution is 9.10. The van der Waals surface area contributed by atoms with Gasteiger partial charge in [-0.2, -0.15) is 4.98 Å². The van der Waals surface area contributed by atoms with Crippen molar-refractivity contribution in [3.8, 4) is 11.4 Å². The molecule has 1 aromatic heterocycles. The summed E-state index contributed by atoms with van der Waals surface area (Å²) in [6.45, 7) is 2.94. The van der Waals surface area contributed by atoms with Gasteiger partial charge in [0.25, 0.3) is 0 Å². The Morgan fingerprint density at radius 2 is 2.29 bits per heavy atom. The molecule has 1 fully saturated rings. The number of H-pyrrole nitrogens is 1. The Morgan fingerprint density at radius 3 is 3.10 bits per heavy atom. The van der Waals surface area contributed by atoms with E-state index in [2.05, 4.69) is 42.9 Å². The molecule has 0 radical (unpaired) electrons. The number of benzene rings is 1. The third kappa shape index (κ3) is 2.67. The lowest BCUT2D eigenvalue weighted by atomic mass is 9.99. The first-order valence-corrected chi connectivity index (χ1v) is 7.76. The van der Waals surface area contributed by atoms with Crippen LogP contribution in [0.3, 0.4) is 0 Å². The molecule has 112 valence electrons. The van der Waals surface area contributed by atoms with Gasteiger partial charge in [0, 0.05) is 18.6 Å². The molecule has 3 N–H and O–H groups in total. The summed E-state index contributed by atoms with van der Waals surface area (Å²) in [5.74, 6) is 0.658. The molecule has 0 bridgehead atoms. The maximum Gasteiger partial charge on any atom is 0.245 e. The average Bonchev–Trinajstić information content (AvgIpc) is 2.94. The quantitative estimate of drug-likeness (QED) is 0.870. The Labute approximate surface area is 130 Å². The van der Waals surface area contributed by atoms with Crippen molar-refractivity contribution in [3.63, 3.8) is 0 Å². The van der Waals surface area contributed by atoms with Gasteiger partial charge in [-0.1, -0.05) is 6.07 Å². The van der Waals surface area contributed by atoms with Crippen LogP contribution in [0, 0.1) is 5.82 Å². The number of nitrogens with zero attached hydrogens (tertiary/aromatic N) is 3. The predicted octanol–water partition coefficient (Wildman–Crippen LogP) is 2.69. The van der Waals surface area contributed by atoms with Crippen molar-refractivity contribution in [3.05, 3.63) is 28.5 Å². The topological polar surface area (TPSA) is 70.8 Å². The van der Waals surface area contributed by atoms with Gasteiger partial charge in [0.2, 0.25) is 5.95 Å². The first kappa shape index (κ1) is 14.5. The second kappa shape index (κ2) is 5.73. The van der Waals surface area contributed by atoms with Gasteiger partial charge in [-0.3, -0.25) is 5.10 Å². The number of anilines is 1. The molecular weight excluding hydrogens is 337 g/mol. The van der Waals surface area contributed by atoms with E-state index in [9.17, 15) is 4.39 Å². The minimum Gasteiger partial charge on any atom is -0.335 e. The Bertz CT molecular complexity index is 644. The molecule has 1 saturated heterocycles. The molecule has 3 rings (SSSR count). The largest absolute Gasteiger partial charge is 0.335 e. The fourth-order valence-corrected chi connectivity index (χ4v) is 3.01. The van der Waals surface area contributed by atoms with Crippen molar-refractivity contribution >= 4 is 21.9 Å². The Hall–Kier alpha value is -1.47. The zero-order valence-electron chi connectivity index (χ0n) is 11.7. The van der Waals surface area contributed by atoms with E-state index in [1.165, 1.54) is 0 Å². The fraction of sp³-hybridized carbons (Fsp3) is 0.429. The molecule has 2 heterocycles. The van der Waals surface area contributed by atoms with Gasteiger partial charge in [-0.05, 0) is 47.8 Å². The summed E-state index contributed by atoms with van der Waals surface area (Å²) < 4.78 is 14.5. The molecule has 0 amide bonds. The molecule has 0 saturated carbocycles. The van der Waals surface area contributed by atoms with Crippen molar-refractivity contribution in [2.75, 3.05) is 11.4 Å². The van der Waals surface area contributed by atoms with Crippen LogP contribution in [-0.4, -0.2) is 33.8 Å². The maximum atomic E-state index is 14.1. The number of hydrogen-bond acceptors (Lipinski definition) is 4. The molecule has 1 aliphatic rings. The maximum absolute atomic E-state index is 14.1. The zero-order valence-corrected chi connectivity index (χ0v) is 13.3. The summed E-state index contributed by atoms with van der Waals surface area (Å²) in [4.78, 5) is 6.51. The minimum atomic E-state index is -0.344. The van der Waals surface area contributed by atoms with Crippen molar-refractivity contribution in [2.24, 2.45) is 5.73 Å². The summed E-state index contributed by atoms with van der Waals surface area (Å²) in [7, 11) is 0. The highest BCUT2D eigenvalue weighted by Crippen LogP contribution is 2.27. The fourth-order valence-electron chi connectivity index (χ4n) is 2.64. The standard InChI is InChI=1S/C14H17BrFN5/c1-8-11(17)6-3-7-21(8)14-18-13(19-20-14)9-4-2-5-10(15)12(9)16/h2,4-5,8,11H,3,6-7,17H2,1H3,(H,18,19,20). The van der Waals surface area contributed by atoms with Crippen molar-refractivity contribution in [1.82, 2.24) is 15.2 Å². The number of aromatic amines is 1. The molecule has 7 heteroatoms. The SMILES string of the molecule is CC1C(N)CCCN1c1n[nH]c(-c2cccc(Br)c2F)n1. The van der Waals surface area contributed by atoms with E-state index in [0.29, 0.717) is 21.8 Å². The lowest BCUT2D eigenvalue weighted by Crippen LogP contribution is -2.50. The van der Waals surface area contributed by atoms with Gasteiger partial charge >= 0.3 is 0 Å². The molecule has 5 nitrogen and oxygen atoms in total. The highest BCUT2D eigenvalue weighted by Gasteiger charge is 2.28. The van der Waals surface area contributed by atoms with E-state index in [1.807, 2.05) is 0 Å². The summed E-state index contributed by atoms with van der Waals surface area (Å²) in [6, 6.07) is 5.39. The third-order valence-corrected chi connectivity index (χ3v) is 4.60. The van der Waals surface area contributed by atoms with Crippen molar-refractivity contribution in [2.45, 2.75) is 31.8 Å². The molecule has 1 aromatic carbocycles. The molecule has 1 aliphatic heterocycles. The summed E-state index contributed by atoms with van der Waals surface area (Å²) in [5.41, 5.74) is 6.49. The van der Waals surface area contributed by atoms with E-state index in [1.54, 1.807) is 18.2 Å². The van der Waals surface area contributed by atoms with Crippen molar-refractivity contribution in [1.29, 1.82) is 0 Å². The molecule has 2 unspecified atom stereocenters. The van der Waals surface area contributed by atoms with Gasteiger partial charge in [-0.15, -0.1) is 5.10 Å². The van der Waals surface area contributed by atoms with Crippen LogP contribution in [0.25, 0.3) is 11.4 Å². The van der Waals surface area contributed by atoms with Crippen LogP contribution in [0.1, 0.15) is 19.8 Å². The van der Waals surface area contributed by atoms with Crippen LogP contribution in [-0.2, 0) is 0 Å². The lowest BCUT2D eigenvalue weighted by molar-refractivity contribution is 0.416. The number of piperidine rings is 1. The monoisotopic (exact) mass is 353 g/mol. The van der Waals surface area contributed by atoms with Crippen LogP contribution in [0.2, 0.25) is 0 Å². The van der Waals surface area contributed by atoms with E-state index in [0.717, 1.165) is 19.4 Å². The van der Waals surface area contributed by atoms with Gasteiger partial charge in [-0.25, -0.2) is 4.39 Å². The second-order valence-corrected chi connectivity index (χ2v) is 6.18. The summed E-state index contributed by atoms with van der Waals surface area (Å²) in [5, 5.41) is 7.04. The first-order valence-electron chi connectivity index (χ1n) is 6.97. The second-order valence-electron chi connectivity index (χ2n) is 5.33. The summed E-state index contributed by atoms with van der Waals surface area (Å²) in [6.07, 6.45) is 2.02. The Kier molecular flexibility index (Phi) is 3.95. The van der Waals surface area contributed by atoms with Crippen LogP contribution in [0.4, 0.5) is 10.3 Å². The lowest BCUT2D eigenvalue weighted by Gasteiger charge is -2.36. The number of aromatic nitrogens is 3. The zero-order chi connectivity index (χ0) is 15.0. The van der Waals surface area contributed by atoms with Gasteiger partial charge in [0.15, 0.2) is 5.82 Å². The molecule has 0 spiro atoms. The van der Waals surface area contributed by atoms with E-state index in [-0.39, 0.29) is 17.9 Å². The van der Waals surface area contributed by atoms with Gasteiger partial charge < -0.3 is 10.6 Å². The van der Waals surface area contributed by atoms with Gasteiger partial charge in [0.05, 0.1) is 10.0 Å². The molecule has 2 aromatic rings. The smallest absolute Gasteiger partial charge is 0.245 e. The Morgan fingerprint density at radius 1 is 1.48 bits per heavy atom. The van der Waals surface area contributed by atoms with Crippen LogP contribution < -0.4 is 10.6 Å². The number of nitrogens with one attached hydrogen (secondary N) is 1. The molecule has 0 aliphatic carbocycles. The summed E-state index contributed by atoms with van der Waals surface area (Å²) >= 11 is 3.18. The highest BCUT2D eigenvalue weighted by atomic mass is 79.9. The van der Waals surface area contributed by atoms with E-state index in [4.69, 9.17) is 5.73 Å². The molecular formula is C14H17BrFN5. The predicted molar refractivity (Wildman–Crippen MR) is 83.5 cm³/mol. The number of nitrogens with two attached hydrogens (primary N) is 1. The first-order chi connectivity index (χ1) is 10.1. The number of hydrogen-bond donors (Lipinski definition) is 2. The normalized spacial score (nSPS) is 22.6. The van der Waals surface area contributed by atoms with E-state index >= 15 is 0 Å².